The van der Waals surface area contributed by atoms with Crippen LogP contribution in [0.4, 0.5) is 5.88 Å². The van der Waals surface area contributed by atoms with Crippen molar-refractivity contribution in [3.05, 3.63) is 17.9 Å². The first-order valence-electron chi connectivity index (χ1n) is 6.84. The monoisotopic (exact) mass is 248 g/mol. The standard InChI is InChI=1S/C14H20N2O2/c1-11(17)13-4-5-14(18-13)16-9-6-12(10-16)15-7-2-3-8-15/h4-5,12H,2-3,6-10H2,1H3. The van der Waals surface area contributed by atoms with Gasteiger partial charge in [-0.25, -0.2) is 0 Å². The summed E-state index contributed by atoms with van der Waals surface area (Å²) in [4.78, 5) is 16.1. The third-order valence-electron chi connectivity index (χ3n) is 4.07. The molecule has 2 aliphatic rings. The Bertz CT molecular complexity index is 435. The Hall–Kier alpha value is -1.29. The molecule has 0 aromatic carbocycles. The zero-order valence-corrected chi connectivity index (χ0v) is 10.9. The van der Waals surface area contributed by atoms with Gasteiger partial charge in [0.05, 0.1) is 0 Å². The molecule has 4 nitrogen and oxygen atoms in total. The third-order valence-corrected chi connectivity index (χ3v) is 4.07. The van der Waals surface area contributed by atoms with Crippen LogP contribution in [-0.2, 0) is 0 Å². The topological polar surface area (TPSA) is 36.7 Å². The first-order chi connectivity index (χ1) is 8.74. The molecule has 1 unspecified atom stereocenters. The van der Waals surface area contributed by atoms with Gasteiger partial charge in [0.1, 0.15) is 0 Å². The number of nitrogens with zero attached hydrogens (tertiary/aromatic N) is 2. The van der Waals surface area contributed by atoms with Gasteiger partial charge in [0, 0.05) is 32.1 Å². The zero-order chi connectivity index (χ0) is 12.5. The van der Waals surface area contributed by atoms with Crippen LogP contribution in [0.3, 0.4) is 0 Å². The lowest BCUT2D eigenvalue weighted by atomic mass is 10.2. The summed E-state index contributed by atoms with van der Waals surface area (Å²) < 4.78 is 5.60. The zero-order valence-electron chi connectivity index (χ0n) is 10.9. The normalized spacial score (nSPS) is 24.9. The molecular weight excluding hydrogens is 228 g/mol. The molecule has 0 spiro atoms. The third kappa shape index (κ3) is 2.17. The van der Waals surface area contributed by atoms with Gasteiger partial charge in [-0.05, 0) is 38.4 Å². The number of ketones is 1. The lowest BCUT2D eigenvalue weighted by Crippen LogP contribution is -2.35. The number of hydrogen-bond acceptors (Lipinski definition) is 4. The summed E-state index contributed by atoms with van der Waals surface area (Å²) in [5, 5.41) is 0. The molecule has 98 valence electrons. The number of furan rings is 1. The highest BCUT2D eigenvalue weighted by Gasteiger charge is 2.30. The molecule has 2 aliphatic heterocycles. The fourth-order valence-corrected chi connectivity index (χ4v) is 3.03. The van der Waals surface area contributed by atoms with Gasteiger partial charge >= 0.3 is 0 Å². The van der Waals surface area contributed by atoms with E-state index < -0.39 is 0 Å². The number of carbonyl (C=O) groups is 1. The van der Waals surface area contributed by atoms with E-state index in [1.54, 1.807) is 13.0 Å². The van der Waals surface area contributed by atoms with E-state index in [2.05, 4.69) is 9.80 Å². The molecule has 4 heteroatoms. The van der Waals surface area contributed by atoms with Crippen molar-refractivity contribution in [1.29, 1.82) is 0 Å². The van der Waals surface area contributed by atoms with E-state index in [-0.39, 0.29) is 5.78 Å². The molecule has 1 atom stereocenters. The minimum Gasteiger partial charge on any atom is -0.437 e. The van der Waals surface area contributed by atoms with E-state index in [4.69, 9.17) is 4.42 Å². The van der Waals surface area contributed by atoms with Crippen molar-refractivity contribution in [2.75, 3.05) is 31.1 Å². The fraction of sp³-hybridized carbons (Fsp3) is 0.643. The van der Waals surface area contributed by atoms with E-state index in [0.717, 1.165) is 19.0 Å². The Morgan fingerprint density at radius 2 is 2.06 bits per heavy atom. The van der Waals surface area contributed by atoms with Gasteiger partial charge in [0.2, 0.25) is 0 Å². The Morgan fingerprint density at radius 3 is 2.72 bits per heavy atom. The van der Waals surface area contributed by atoms with Gasteiger partial charge in [-0.15, -0.1) is 0 Å². The second kappa shape index (κ2) is 4.76. The van der Waals surface area contributed by atoms with Crippen molar-refractivity contribution < 1.29 is 9.21 Å². The van der Waals surface area contributed by atoms with Crippen LogP contribution >= 0.6 is 0 Å². The quantitative estimate of drug-likeness (QED) is 0.768. The maximum Gasteiger partial charge on any atom is 0.196 e. The van der Waals surface area contributed by atoms with Crippen molar-refractivity contribution in [2.24, 2.45) is 0 Å². The predicted molar refractivity (Wildman–Crippen MR) is 70.1 cm³/mol. The first-order valence-corrected chi connectivity index (χ1v) is 6.84. The molecule has 1 aromatic heterocycles. The fourth-order valence-electron chi connectivity index (χ4n) is 3.03. The molecule has 1 aromatic rings. The number of likely N-dealkylation sites (tertiary alicyclic amines) is 1. The highest BCUT2D eigenvalue weighted by Crippen LogP contribution is 2.26. The SMILES string of the molecule is CC(=O)c1ccc(N2CCC(N3CCCC3)C2)o1. The predicted octanol–water partition coefficient (Wildman–Crippen LogP) is 2.16. The van der Waals surface area contributed by atoms with Crippen LogP contribution in [0.5, 0.6) is 0 Å². The summed E-state index contributed by atoms with van der Waals surface area (Å²) in [5.74, 6) is 1.31. The van der Waals surface area contributed by atoms with Gasteiger partial charge in [0.15, 0.2) is 17.4 Å². The van der Waals surface area contributed by atoms with E-state index in [1.807, 2.05) is 6.07 Å². The average molecular weight is 248 g/mol. The van der Waals surface area contributed by atoms with Gasteiger partial charge in [-0.2, -0.15) is 0 Å². The van der Waals surface area contributed by atoms with Gasteiger partial charge < -0.3 is 9.32 Å². The number of carbonyl (C=O) groups excluding carboxylic acids is 1. The van der Waals surface area contributed by atoms with E-state index >= 15 is 0 Å². The van der Waals surface area contributed by atoms with Crippen molar-refractivity contribution in [3.63, 3.8) is 0 Å². The van der Waals surface area contributed by atoms with Crippen LogP contribution in [0.25, 0.3) is 0 Å². The number of Topliss-reactive ketones (excluding diaryl/α,β-unsaturated/α-hetero) is 1. The molecule has 0 saturated carbocycles. The summed E-state index contributed by atoms with van der Waals surface area (Å²) in [5.41, 5.74) is 0. The van der Waals surface area contributed by atoms with Crippen LogP contribution in [-0.4, -0.2) is 42.9 Å². The molecule has 0 aliphatic carbocycles. The van der Waals surface area contributed by atoms with E-state index in [1.165, 1.54) is 32.4 Å². The Balaban J connectivity index is 1.65. The van der Waals surface area contributed by atoms with Gasteiger partial charge in [-0.3, -0.25) is 9.69 Å². The minimum absolute atomic E-state index is 0.00320. The van der Waals surface area contributed by atoms with Crippen LogP contribution in [0, 0.1) is 0 Å². The summed E-state index contributed by atoms with van der Waals surface area (Å²) in [7, 11) is 0. The molecule has 0 N–H and O–H groups in total. The molecular formula is C14H20N2O2. The molecule has 2 saturated heterocycles. The molecule has 18 heavy (non-hydrogen) atoms. The maximum absolute atomic E-state index is 11.2. The van der Waals surface area contributed by atoms with Crippen LogP contribution in [0.2, 0.25) is 0 Å². The molecule has 0 amide bonds. The van der Waals surface area contributed by atoms with Crippen LogP contribution < -0.4 is 4.90 Å². The van der Waals surface area contributed by atoms with Crippen molar-refractivity contribution in [1.82, 2.24) is 4.90 Å². The Morgan fingerprint density at radius 1 is 1.28 bits per heavy atom. The maximum atomic E-state index is 11.2. The Labute approximate surface area is 108 Å². The second-order valence-electron chi connectivity index (χ2n) is 5.33. The minimum atomic E-state index is -0.00320. The van der Waals surface area contributed by atoms with Crippen molar-refractivity contribution in [2.45, 2.75) is 32.2 Å². The lowest BCUT2D eigenvalue weighted by molar-refractivity contribution is 0.0988. The second-order valence-corrected chi connectivity index (χ2v) is 5.33. The lowest BCUT2D eigenvalue weighted by Gasteiger charge is -2.23. The highest BCUT2D eigenvalue weighted by molar-refractivity contribution is 5.91. The smallest absolute Gasteiger partial charge is 0.196 e. The van der Waals surface area contributed by atoms with Gasteiger partial charge in [0.25, 0.3) is 0 Å². The number of anilines is 1. The van der Waals surface area contributed by atoms with E-state index in [9.17, 15) is 4.79 Å². The summed E-state index contributed by atoms with van der Waals surface area (Å²) >= 11 is 0. The van der Waals surface area contributed by atoms with Crippen LogP contribution in [0.15, 0.2) is 16.5 Å². The number of rotatable bonds is 3. The summed E-state index contributed by atoms with van der Waals surface area (Å²) in [6.07, 6.45) is 3.88. The van der Waals surface area contributed by atoms with E-state index in [0.29, 0.717) is 11.8 Å². The van der Waals surface area contributed by atoms with Crippen molar-refractivity contribution in [3.8, 4) is 0 Å². The molecule has 3 rings (SSSR count). The molecule has 0 bridgehead atoms. The van der Waals surface area contributed by atoms with Crippen molar-refractivity contribution >= 4 is 11.7 Å². The highest BCUT2D eigenvalue weighted by atomic mass is 16.4. The molecule has 2 fully saturated rings. The number of hydrogen-bond donors (Lipinski definition) is 0. The van der Waals surface area contributed by atoms with Gasteiger partial charge in [-0.1, -0.05) is 0 Å². The largest absolute Gasteiger partial charge is 0.437 e. The first kappa shape index (κ1) is 11.8. The summed E-state index contributed by atoms with van der Waals surface area (Å²) in [6.45, 7) is 6.10. The molecule has 3 heterocycles. The Kier molecular flexibility index (Phi) is 3.12. The average Bonchev–Trinajstić information content (AvgIpc) is 3.10. The summed E-state index contributed by atoms with van der Waals surface area (Å²) in [6, 6.07) is 4.36. The molecule has 0 radical (unpaired) electrons. The van der Waals surface area contributed by atoms with Crippen LogP contribution in [0.1, 0.15) is 36.7 Å².